The molecule has 160 valence electrons. The number of urea groups is 1. The normalized spacial score (nSPS) is 36.2. The van der Waals surface area contributed by atoms with Crippen LogP contribution in [0.25, 0.3) is 0 Å². The summed E-state index contributed by atoms with van der Waals surface area (Å²) in [6, 6.07) is -0.0387. The van der Waals surface area contributed by atoms with Gasteiger partial charge in [-0.1, -0.05) is 19.3 Å². The Kier molecular flexibility index (Phi) is 5.91. The molecule has 3 N–H and O–H groups in total. The lowest BCUT2D eigenvalue weighted by Gasteiger charge is -2.39. The summed E-state index contributed by atoms with van der Waals surface area (Å²) in [4.78, 5) is 12.7. The standard InChI is InChI=1S/C20H35N3O4S/c24-9-2-10-28(26,27)23-7-5-18(6-8-23)21-19(25)22-20-12-15-3-1-4-16(13-20)17(11-15)14-20/h15-18,24H,1-14H2,(H2,21,22,25). The van der Waals surface area contributed by atoms with E-state index in [2.05, 4.69) is 10.6 Å². The number of carbonyl (C=O) groups excluding carboxylic acids is 1. The highest BCUT2D eigenvalue weighted by Crippen LogP contribution is 2.55. The van der Waals surface area contributed by atoms with Gasteiger partial charge in [0.15, 0.2) is 0 Å². The number of nitrogens with zero attached hydrogens (tertiary/aromatic N) is 1. The summed E-state index contributed by atoms with van der Waals surface area (Å²) in [5, 5.41) is 15.3. The molecule has 4 fully saturated rings. The molecule has 3 aliphatic carbocycles. The van der Waals surface area contributed by atoms with Crippen LogP contribution in [-0.4, -0.2) is 60.9 Å². The van der Waals surface area contributed by atoms with Crippen LogP contribution in [-0.2, 0) is 10.0 Å². The Balaban J connectivity index is 1.27. The molecule has 0 spiro atoms. The molecule has 1 aliphatic heterocycles. The Bertz CT molecular complexity index is 673. The molecular weight excluding hydrogens is 378 g/mol. The summed E-state index contributed by atoms with van der Waals surface area (Å²) < 4.78 is 26.0. The minimum Gasteiger partial charge on any atom is -0.396 e. The number of amides is 2. The highest BCUT2D eigenvalue weighted by molar-refractivity contribution is 7.89. The van der Waals surface area contributed by atoms with E-state index >= 15 is 0 Å². The first kappa shape index (κ1) is 20.4. The van der Waals surface area contributed by atoms with E-state index < -0.39 is 10.0 Å². The van der Waals surface area contributed by atoms with Crippen LogP contribution in [0.15, 0.2) is 0 Å². The van der Waals surface area contributed by atoms with Crippen molar-refractivity contribution in [3.8, 4) is 0 Å². The van der Waals surface area contributed by atoms with Crippen LogP contribution < -0.4 is 10.6 Å². The quantitative estimate of drug-likeness (QED) is 0.619. The first-order valence-electron chi connectivity index (χ1n) is 11.1. The number of piperidine rings is 1. The molecule has 0 aromatic rings. The van der Waals surface area contributed by atoms with E-state index in [1.165, 1.54) is 30.0 Å². The van der Waals surface area contributed by atoms with Crippen molar-refractivity contribution in [3.63, 3.8) is 0 Å². The molecule has 1 saturated heterocycles. The number of carbonyl (C=O) groups is 1. The molecule has 1 heterocycles. The van der Waals surface area contributed by atoms with Crippen LogP contribution >= 0.6 is 0 Å². The van der Waals surface area contributed by atoms with E-state index in [4.69, 9.17) is 5.11 Å². The van der Waals surface area contributed by atoms with Crippen molar-refractivity contribution < 1.29 is 18.3 Å². The second-order valence-corrected chi connectivity index (χ2v) is 11.7. The van der Waals surface area contributed by atoms with Crippen molar-refractivity contribution in [2.75, 3.05) is 25.4 Å². The predicted octanol–water partition coefficient (Wildman–Crippen LogP) is 1.82. The lowest BCUT2D eigenvalue weighted by atomic mass is 9.75. The Hall–Kier alpha value is -0.860. The number of hydrogen-bond acceptors (Lipinski definition) is 4. The summed E-state index contributed by atoms with van der Waals surface area (Å²) in [5.41, 5.74) is -0.00289. The molecule has 28 heavy (non-hydrogen) atoms. The molecule has 4 atom stereocenters. The first-order valence-corrected chi connectivity index (χ1v) is 12.7. The van der Waals surface area contributed by atoms with Crippen molar-refractivity contribution in [2.24, 2.45) is 17.8 Å². The third-order valence-electron chi connectivity index (χ3n) is 7.60. The van der Waals surface area contributed by atoms with Crippen LogP contribution in [0.5, 0.6) is 0 Å². The van der Waals surface area contributed by atoms with Gasteiger partial charge in [-0.2, -0.15) is 0 Å². The molecule has 0 aromatic carbocycles. The van der Waals surface area contributed by atoms with E-state index in [-0.39, 0.29) is 36.4 Å². The predicted molar refractivity (Wildman–Crippen MR) is 107 cm³/mol. The van der Waals surface area contributed by atoms with Crippen LogP contribution in [0.4, 0.5) is 4.79 Å². The second kappa shape index (κ2) is 8.11. The van der Waals surface area contributed by atoms with Gasteiger partial charge in [0.1, 0.15) is 0 Å². The van der Waals surface area contributed by atoms with Crippen molar-refractivity contribution >= 4 is 16.1 Å². The van der Waals surface area contributed by atoms with E-state index in [9.17, 15) is 13.2 Å². The van der Waals surface area contributed by atoms with Crippen molar-refractivity contribution in [1.82, 2.24) is 14.9 Å². The zero-order valence-corrected chi connectivity index (χ0v) is 17.6. The van der Waals surface area contributed by atoms with Gasteiger partial charge in [0.05, 0.1) is 5.75 Å². The number of hydrogen-bond donors (Lipinski definition) is 3. The molecule has 3 bridgehead atoms. The monoisotopic (exact) mass is 413 g/mol. The third kappa shape index (κ3) is 4.33. The molecule has 0 aromatic heterocycles. The number of nitrogens with one attached hydrogen (secondary N) is 2. The number of aliphatic hydroxyl groups excluding tert-OH is 1. The summed E-state index contributed by atoms with van der Waals surface area (Å²) in [6.45, 7) is 0.772. The average molecular weight is 414 g/mol. The Morgan fingerprint density at radius 2 is 1.82 bits per heavy atom. The summed E-state index contributed by atoms with van der Waals surface area (Å²) in [5.74, 6) is 2.36. The molecule has 0 radical (unpaired) electrons. The number of sulfonamides is 1. The molecule has 4 unspecified atom stereocenters. The molecule has 4 aliphatic rings. The van der Waals surface area contributed by atoms with Crippen LogP contribution in [0.3, 0.4) is 0 Å². The van der Waals surface area contributed by atoms with Gasteiger partial charge in [-0.3, -0.25) is 0 Å². The second-order valence-electron chi connectivity index (χ2n) is 9.61. The maximum absolute atomic E-state index is 12.7. The Morgan fingerprint density at radius 1 is 1.07 bits per heavy atom. The zero-order valence-electron chi connectivity index (χ0n) is 16.7. The minimum atomic E-state index is -3.29. The van der Waals surface area contributed by atoms with Gasteiger partial charge in [-0.25, -0.2) is 17.5 Å². The smallest absolute Gasteiger partial charge is 0.315 e. The first-order chi connectivity index (χ1) is 13.4. The SMILES string of the molecule is O=C(NC1CCN(S(=O)(=O)CCCO)CC1)NC12CC3CCCC(C1)C(C3)C2. The fourth-order valence-electron chi connectivity index (χ4n) is 6.42. The Morgan fingerprint density at radius 3 is 2.57 bits per heavy atom. The van der Waals surface area contributed by atoms with E-state index in [1.807, 2.05) is 0 Å². The van der Waals surface area contributed by atoms with Crippen LogP contribution in [0.1, 0.15) is 64.2 Å². The van der Waals surface area contributed by atoms with Crippen molar-refractivity contribution in [3.05, 3.63) is 0 Å². The van der Waals surface area contributed by atoms with Gasteiger partial charge in [-0.05, 0) is 62.7 Å². The molecule has 7 nitrogen and oxygen atoms in total. The molecular formula is C20H35N3O4S. The summed E-state index contributed by atoms with van der Waals surface area (Å²) in [6.07, 6.45) is 10.3. The third-order valence-corrected chi connectivity index (χ3v) is 9.55. The summed E-state index contributed by atoms with van der Waals surface area (Å²) in [7, 11) is -3.29. The largest absolute Gasteiger partial charge is 0.396 e. The minimum absolute atomic E-state index is 0.00289. The average Bonchev–Trinajstić information content (AvgIpc) is 2.79. The van der Waals surface area contributed by atoms with Crippen molar-refractivity contribution in [1.29, 1.82) is 0 Å². The van der Waals surface area contributed by atoms with E-state index in [0.717, 1.165) is 37.0 Å². The fraction of sp³-hybridized carbons (Fsp3) is 0.950. The molecule has 8 heteroatoms. The van der Waals surface area contributed by atoms with Crippen LogP contribution in [0, 0.1) is 17.8 Å². The number of rotatable bonds is 6. The van der Waals surface area contributed by atoms with E-state index in [1.54, 1.807) is 0 Å². The van der Waals surface area contributed by atoms with Gasteiger partial charge in [0.2, 0.25) is 10.0 Å². The van der Waals surface area contributed by atoms with Gasteiger partial charge < -0.3 is 15.7 Å². The maximum atomic E-state index is 12.7. The van der Waals surface area contributed by atoms with Gasteiger partial charge in [0, 0.05) is 31.3 Å². The number of fused-ring (bicyclic) bond motifs is 2. The topological polar surface area (TPSA) is 98.7 Å². The van der Waals surface area contributed by atoms with E-state index in [0.29, 0.717) is 25.9 Å². The zero-order chi connectivity index (χ0) is 19.8. The lowest BCUT2D eigenvalue weighted by molar-refractivity contribution is 0.173. The fourth-order valence-corrected chi connectivity index (χ4v) is 7.94. The van der Waals surface area contributed by atoms with Crippen LogP contribution in [0.2, 0.25) is 0 Å². The van der Waals surface area contributed by atoms with Gasteiger partial charge in [-0.15, -0.1) is 0 Å². The van der Waals surface area contributed by atoms with Gasteiger partial charge in [0.25, 0.3) is 0 Å². The number of aliphatic hydroxyl groups is 1. The highest BCUT2D eigenvalue weighted by Gasteiger charge is 2.52. The molecule has 2 amide bonds. The van der Waals surface area contributed by atoms with Crippen molar-refractivity contribution in [2.45, 2.75) is 75.8 Å². The lowest BCUT2D eigenvalue weighted by Crippen LogP contribution is -2.56. The molecule has 3 saturated carbocycles. The maximum Gasteiger partial charge on any atom is 0.315 e. The Labute approximate surface area is 168 Å². The van der Waals surface area contributed by atoms with Gasteiger partial charge >= 0.3 is 6.03 Å². The summed E-state index contributed by atoms with van der Waals surface area (Å²) >= 11 is 0. The molecule has 4 rings (SSSR count). The highest BCUT2D eigenvalue weighted by atomic mass is 32.2.